The Morgan fingerprint density at radius 2 is 2.00 bits per heavy atom. The van der Waals surface area contributed by atoms with Crippen molar-refractivity contribution < 1.29 is 30.0 Å². The zero-order chi connectivity index (χ0) is 12.5. The molecule has 4 N–H and O–H groups in total. The van der Waals surface area contributed by atoms with E-state index in [1.54, 1.807) is 0 Å². The molecule has 1 fully saturated rings. The Hall–Kier alpha value is -0.110. The number of carboxylic acids is 1. The molecule has 0 saturated carbocycles. The van der Waals surface area contributed by atoms with Gasteiger partial charge >= 0.3 is 5.97 Å². The lowest BCUT2D eigenvalue weighted by Gasteiger charge is -2.39. The van der Waals surface area contributed by atoms with E-state index in [0.717, 1.165) is 0 Å². The first kappa shape index (κ1) is 14.0. The van der Waals surface area contributed by atoms with Crippen molar-refractivity contribution in [1.82, 2.24) is 0 Å². The molecule has 1 aliphatic rings. The van der Waals surface area contributed by atoms with Gasteiger partial charge in [0.2, 0.25) is 4.33 Å². The van der Waals surface area contributed by atoms with Gasteiger partial charge in [-0.3, -0.25) is 0 Å². The molecule has 94 valence electrons. The lowest BCUT2D eigenvalue weighted by molar-refractivity contribution is -0.187. The van der Waals surface area contributed by atoms with Gasteiger partial charge in [-0.1, -0.05) is 23.2 Å². The van der Waals surface area contributed by atoms with E-state index in [0.29, 0.717) is 0 Å². The minimum absolute atomic E-state index is 0.225. The average Bonchev–Trinajstić information content (AvgIpc) is 2.21. The van der Waals surface area contributed by atoms with Crippen molar-refractivity contribution in [2.45, 2.75) is 35.2 Å². The van der Waals surface area contributed by atoms with Crippen LogP contribution in [-0.4, -0.2) is 61.8 Å². The summed E-state index contributed by atoms with van der Waals surface area (Å²) in [6.07, 6.45) is -5.07. The molecule has 8 heteroatoms. The highest BCUT2D eigenvalue weighted by molar-refractivity contribution is 6.57. The van der Waals surface area contributed by atoms with E-state index in [-0.39, 0.29) is 6.42 Å². The molecule has 0 aliphatic carbocycles. The van der Waals surface area contributed by atoms with Gasteiger partial charge in [-0.25, -0.2) is 4.79 Å². The molecule has 1 heterocycles. The number of carboxylic acid groups (broad SMARTS) is 1. The summed E-state index contributed by atoms with van der Waals surface area (Å²) in [5.74, 6) is -1.51. The zero-order valence-electron chi connectivity index (χ0n) is 8.08. The Morgan fingerprint density at radius 1 is 1.44 bits per heavy atom. The molecule has 0 amide bonds. The van der Waals surface area contributed by atoms with E-state index < -0.39 is 41.3 Å². The van der Waals surface area contributed by atoms with Crippen LogP contribution in [0.2, 0.25) is 0 Å². The number of halogens is 2. The van der Waals surface area contributed by atoms with E-state index >= 15 is 0 Å². The van der Waals surface area contributed by atoms with Gasteiger partial charge in [0.15, 0.2) is 0 Å². The summed E-state index contributed by atoms with van der Waals surface area (Å²) in [5, 5.41) is 36.5. The number of aliphatic carboxylic acids is 1. The number of hydrogen-bond acceptors (Lipinski definition) is 5. The van der Waals surface area contributed by atoms with Crippen LogP contribution in [0.4, 0.5) is 0 Å². The van der Waals surface area contributed by atoms with Crippen LogP contribution in [0, 0.1) is 0 Å². The van der Waals surface area contributed by atoms with E-state index in [1.807, 2.05) is 0 Å². The van der Waals surface area contributed by atoms with Crippen molar-refractivity contribution >= 4 is 29.2 Å². The van der Waals surface area contributed by atoms with Gasteiger partial charge in [-0.05, 0) is 0 Å². The summed E-state index contributed by atoms with van der Waals surface area (Å²) in [6.45, 7) is -0.571. The highest BCUT2D eigenvalue weighted by Gasteiger charge is 2.50. The maximum absolute atomic E-state index is 10.8. The molecule has 1 rings (SSSR count). The third-order valence-electron chi connectivity index (χ3n) is 2.44. The van der Waals surface area contributed by atoms with Crippen LogP contribution in [-0.2, 0) is 9.53 Å². The number of ether oxygens (including phenoxy) is 1. The van der Waals surface area contributed by atoms with Crippen molar-refractivity contribution in [3.8, 4) is 0 Å². The summed E-state index contributed by atoms with van der Waals surface area (Å²) >= 11 is 11.1. The third-order valence-corrected chi connectivity index (χ3v) is 3.25. The number of carbonyl (C=O) groups is 1. The van der Waals surface area contributed by atoms with Crippen molar-refractivity contribution in [3.05, 3.63) is 0 Å². The zero-order valence-corrected chi connectivity index (χ0v) is 9.60. The summed E-state index contributed by atoms with van der Waals surface area (Å²) in [5.41, 5.74) is 0. The molecule has 1 aliphatic heterocycles. The fraction of sp³-hybridized carbons (Fsp3) is 0.875. The molecule has 0 spiro atoms. The SMILES string of the molecule is O=C(O)C(Cl)(Cl)[C@@H]1C[C@@H](O)[C@H](O)C(CO)O1. The number of alkyl halides is 2. The number of aliphatic hydroxyl groups excluding tert-OH is 3. The summed E-state index contributed by atoms with van der Waals surface area (Å²) < 4.78 is 2.81. The van der Waals surface area contributed by atoms with Crippen LogP contribution in [0.15, 0.2) is 0 Å². The molecule has 0 aromatic heterocycles. The highest BCUT2D eigenvalue weighted by Crippen LogP contribution is 2.35. The molecule has 1 saturated heterocycles. The normalized spacial score (nSPS) is 36.1. The van der Waals surface area contributed by atoms with Crippen molar-refractivity contribution in [2.75, 3.05) is 6.61 Å². The Morgan fingerprint density at radius 3 is 2.44 bits per heavy atom. The van der Waals surface area contributed by atoms with Crippen LogP contribution in [0.25, 0.3) is 0 Å². The molecule has 4 atom stereocenters. The van der Waals surface area contributed by atoms with Crippen LogP contribution in [0.3, 0.4) is 0 Å². The van der Waals surface area contributed by atoms with Crippen LogP contribution >= 0.6 is 23.2 Å². The predicted octanol–water partition coefficient (Wildman–Crippen LogP) is -0.884. The quantitative estimate of drug-likeness (QED) is 0.498. The summed E-state index contributed by atoms with van der Waals surface area (Å²) in [7, 11) is 0. The maximum Gasteiger partial charge on any atom is 0.342 e. The van der Waals surface area contributed by atoms with E-state index in [4.69, 9.17) is 38.2 Å². The third kappa shape index (κ3) is 2.58. The fourth-order valence-electron chi connectivity index (χ4n) is 1.48. The van der Waals surface area contributed by atoms with Gasteiger partial charge in [0, 0.05) is 6.42 Å². The van der Waals surface area contributed by atoms with Gasteiger partial charge < -0.3 is 25.2 Å². The Balaban J connectivity index is 2.81. The Labute approximate surface area is 101 Å². The largest absolute Gasteiger partial charge is 0.479 e. The second kappa shape index (κ2) is 5.03. The molecule has 16 heavy (non-hydrogen) atoms. The molecule has 0 aromatic rings. The first-order chi connectivity index (χ1) is 7.30. The fourth-order valence-corrected chi connectivity index (χ4v) is 1.76. The van der Waals surface area contributed by atoms with E-state index in [9.17, 15) is 15.0 Å². The number of hydrogen-bond donors (Lipinski definition) is 4. The number of aliphatic hydroxyl groups is 3. The Kier molecular flexibility index (Phi) is 4.39. The summed E-state index contributed by atoms with van der Waals surface area (Å²) in [4.78, 5) is 10.8. The lowest BCUT2D eigenvalue weighted by atomic mass is 9.96. The summed E-state index contributed by atoms with van der Waals surface area (Å²) in [6, 6.07) is 0. The van der Waals surface area contributed by atoms with Gasteiger partial charge in [0.25, 0.3) is 0 Å². The first-order valence-electron chi connectivity index (χ1n) is 4.54. The van der Waals surface area contributed by atoms with Crippen LogP contribution in [0.5, 0.6) is 0 Å². The van der Waals surface area contributed by atoms with Crippen molar-refractivity contribution in [2.24, 2.45) is 0 Å². The van der Waals surface area contributed by atoms with E-state index in [2.05, 4.69) is 0 Å². The highest BCUT2D eigenvalue weighted by atomic mass is 35.5. The van der Waals surface area contributed by atoms with Crippen LogP contribution in [0.1, 0.15) is 6.42 Å². The second-order valence-electron chi connectivity index (χ2n) is 3.57. The van der Waals surface area contributed by atoms with Gasteiger partial charge in [0.05, 0.1) is 12.7 Å². The number of rotatable bonds is 3. The smallest absolute Gasteiger partial charge is 0.342 e. The first-order valence-corrected chi connectivity index (χ1v) is 5.30. The second-order valence-corrected chi connectivity index (χ2v) is 4.95. The van der Waals surface area contributed by atoms with Gasteiger partial charge in [-0.15, -0.1) is 0 Å². The Bertz CT molecular complexity index is 271. The molecular formula is C8H12Cl2O6. The molecule has 0 radical (unpaired) electrons. The minimum Gasteiger partial charge on any atom is -0.479 e. The van der Waals surface area contributed by atoms with Crippen molar-refractivity contribution in [3.63, 3.8) is 0 Å². The standard InChI is InChI=1S/C8H12Cl2O6/c9-8(10,7(14)15)5-1-3(12)6(13)4(2-11)16-5/h3-6,11-13H,1-2H2,(H,14,15)/t3-,4?,5+,6+/m1/s1. The maximum atomic E-state index is 10.8. The monoisotopic (exact) mass is 274 g/mol. The predicted molar refractivity (Wildman–Crippen MR) is 54.5 cm³/mol. The van der Waals surface area contributed by atoms with E-state index in [1.165, 1.54) is 0 Å². The minimum atomic E-state index is -2.23. The molecule has 6 nitrogen and oxygen atoms in total. The molecule has 0 aromatic carbocycles. The van der Waals surface area contributed by atoms with Crippen molar-refractivity contribution in [1.29, 1.82) is 0 Å². The van der Waals surface area contributed by atoms with Gasteiger partial charge in [0.1, 0.15) is 18.3 Å². The molecule has 0 bridgehead atoms. The lowest BCUT2D eigenvalue weighted by Crippen LogP contribution is -2.56. The topological polar surface area (TPSA) is 107 Å². The average molecular weight is 275 g/mol. The molecule has 1 unspecified atom stereocenters. The molecular weight excluding hydrogens is 263 g/mol. The van der Waals surface area contributed by atoms with Gasteiger partial charge in [-0.2, -0.15) is 0 Å². The van der Waals surface area contributed by atoms with Crippen LogP contribution < -0.4 is 0 Å².